The van der Waals surface area contributed by atoms with Gasteiger partial charge in [-0.25, -0.2) is 17.7 Å². The molecular weight excluding hydrogens is 422 g/mol. The molecule has 3 heterocycles. The molecule has 0 radical (unpaired) electrons. The molecule has 1 aliphatic carbocycles. The third-order valence-electron chi connectivity index (χ3n) is 5.91. The highest BCUT2D eigenvalue weighted by atomic mass is 32.2. The first-order valence-electron chi connectivity index (χ1n) is 10.1. The van der Waals surface area contributed by atoms with E-state index < -0.39 is 10.0 Å². The van der Waals surface area contributed by atoms with Crippen LogP contribution in [0.2, 0.25) is 0 Å². The average molecular weight is 446 g/mol. The van der Waals surface area contributed by atoms with Gasteiger partial charge in [-0.05, 0) is 44.2 Å². The summed E-state index contributed by atoms with van der Waals surface area (Å²) in [7, 11) is -3.21. The van der Waals surface area contributed by atoms with E-state index in [9.17, 15) is 13.2 Å². The number of thiazole rings is 1. The van der Waals surface area contributed by atoms with Crippen molar-refractivity contribution < 1.29 is 13.2 Å². The summed E-state index contributed by atoms with van der Waals surface area (Å²) < 4.78 is 27.8. The molecule has 0 spiro atoms. The van der Waals surface area contributed by atoms with Crippen molar-refractivity contribution in [3.8, 4) is 5.13 Å². The van der Waals surface area contributed by atoms with Crippen LogP contribution in [-0.4, -0.2) is 52.7 Å². The lowest BCUT2D eigenvalue weighted by molar-refractivity contribution is -0.120. The molecule has 2 aromatic heterocycles. The van der Waals surface area contributed by atoms with Crippen LogP contribution in [0, 0.1) is 5.92 Å². The third kappa shape index (κ3) is 3.52. The van der Waals surface area contributed by atoms with Gasteiger partial charge in [-0.1, -0.05) is 23.5 Å². The molecule has 158 valence electrons. The van der Waals surface area contributed by atoms with Gasteiger partial charge in [0.05, 0.1) is 22.2 Å². The van der Waals surface area contributed by atoms with Crippen molar-refractivity contribution >= 4 is 43.3 Å². The fraction of sp³-hybridized carbons (Fsp3) is 0.450. The lowest BCUT2D eigenvalue weighted by Gasteiger charge is -2.29. The topological polar surface area (TPSA) is 97.2 Å². The molecule has 3 aromatic rings. The maximum atomic E-state index is 13.0. The fourth-order valence-electron chi connectivity index (χ4n) is 4.28. The number of rotatable bonds is 4. The molecule has 8 nitrogen and oxygen atoms in total. The maximum Gasteiger partial charge on any atom is 0.228 e. The third-order valence-corrected chi connectivity index (χ3v) is 8.22. The molecule has 0 unspecified atom stereocenters. The summed E-state index contributed by atoms with van der Waals surface area (Å²) >= 11 is 1.55. The number of benzene rings is 1. The summed E-state index contributed by atoms with van der Waals surface area (Å²) in [5, 5.41) is 8.62. The monoisotopic (exact) mass is 445 g/mol. The Balaban J connectivity index is 1.41. The molecular formula is C20H23N5O3S2. The van der Waals surface area contributed by atoms with Gasteiger partial charge in [-0.3, -0.25) is 4.79 Å². The number of carbonyl (C=O) groups excluding carboxylic acids is 1. The molecule has 0 saturated carbocycles. The highest BCUT2D eigenvalue weighted by Crippen LogP contribution is 2.34. The van der Waals surface area contributed by atoms with Gasteiger partial charge in [-0.2, -0.15) is 9.78 Å². The molecule has 1 saturated heterocycles. The van der Waals surface area contributed by atoms with Gasteiger partial charge in [0, 0.05) is 24.6 Å². The molecule has 1 amide bonds. The summed E-state index contributed by atoms with van der Waals surface area (Å²) in [6, 6.07) is 7.95. The Labute approximate surface area is 179 Å². The minimum atomic E-state index is -3.21. The molecule has 1 aromatic carbocycles. The van der Waals surface area contributed by atoms with Crippen molar-refractivity contribution in [2.75, 3.05) is 24.7 Å². The summed E-state index contributed by atoms with van der Waals surface area (Å²) in [5.41, 5.74) is 3.03. The van der Waals surface area contributed by atoms with Crippen LogP contribution < -0.4 is 5.32 Å². The zero-order valence-corrected chi connectivity index (χ0v) is 18.3. The minimum Gasteiger partial charge on any atom is -0.310 e. The molecule has 5 rings (SSSR count). The van der Waals surface area contributed by atoms with Crippen molar-refractivity contribution in [2.45, 2.75) is 32.1 Å². The zero-order valence-electron chi connectivity index (χ0n) is 16.7. The second-order valence-corrected chi connectivity index (χ2v) is 10.9. The van der Waals surface area contributed by atoms with Crippen LogP contribution in [0.25, 0.3) is 15.3 Å². The second-order valence-electron chi connectivity index (χ2n) is 7.93. The fourth-order valence-corrected chi connectivity index (χ4v) is 6.08. The first kappa shape index (κ1) is 19.7. The highest BCUT2D eigenvalue weighted by Gasteiger charge is 2.31. The molecule has 1 N–H and O–H groups in total. The molecule has 10 heteroatoms. The van der Waals surface area contributed by atoms with E-state index in [1.807, 2.05) is 24.3 Å². The van der Waals surface area contributed by atoms with E-state index in [0.29, 0.717) is 25.9 Å². The summed E-state index contributed by atoms with van der Waals surface area (Å²) in [5.74, 6) is 0.441. The van der Waals surface area contributed by atoms with E-state index >= 15 is 0 Å². The highest BCUT2D eigenvalue weighted by molar-refractivity contribution is 7.88. The lowest BCUT2D eigenvalue weighted by atomic mass is 9.97. The van der Waals surface area contributed by atoms with E-state index in [1.54, 1.807) is 16.0 Å². The van der Waals surface area contributed by atoms with E-state index in [2.05, 4.69) is 5.32 Å². The molecule has 1 fully saturated rings. The van der Waals surface area contributed by atoms with Crippen molar-refractivity contribution in [1.29, 1.82) is 0 Å². The van der Waals surface area contributed by atoms with Crippen molar-refractivity contribution in [2.24, 2.45) is 5.92 Å². The Hall–Kier alpha value is -2.30. The average Bonchev–Trinajstić information content (AvgIpc) is 3.42. The number of fused-ring (bicyclic) bond motifs is 2. The Morgan fingerprint density at radius 2 is 1.97 bits per heavy atom. The predicted molar refractivity (Wildman–Crippen MR) is 117 cm³/mol. The Morgan fingerprint density at radius 1 is 1.20 bits per heavy atom. The minimum absolute atomic E-state index is 0.0693. The number of amides is 1. The van der Waals surface area contributed by atoms with Gasteiger partial charge in [0.1, 0.15) is 5.82 Å². The maximum absolute atomic E-state index is 13.0. The lowest BCUT2D eigenvalue weighted by Crippen LogP contribution is -2.41. The van der Waals surface area contributed by atoms with E-state index in [4.69, 9.17) is 10.1 Å². The summed E-state index contributed by atoms with van der Waals surface area (Å²) in [6.45, 7) is 0.762. The molecule has 0 bridgehead atoms. The Bertz CT molecular complexity index is 1190. The van der Waals surface area contributed by atoms with Crippen LogP contribution in [0.3, 0.4) is 0 Å². The van der Waals surface area contributed by atoms with Crippen molar-refractivity contribution in [3.05, 3.63) is 35.5 Å². The Morgan fingerprint density at radius 3 is 2.70 bits per heavy atom. The van der Waals surface area contributed by atoms with Crippen LogP contribution in [0.1, 0.15) is 30.5 Å². The standard InChI is InChI=1S/C20H23N5O3S2/c1-30(27,28)24-11-9-13(10-12-24)19(26)22-18-14-5-4-7-15(14)23-25(18)20-21-16-6-2-3-8-17(16)29-20/h2-3,6,8,13H,4-5,7,9-12H2,1H3,(H,22,26). The summed E-state index contributed by atoms with van der Waals surface area (Å²) in [4.78, 5) is 17.7. The van der Waals surface area contributed by atoms with Crippen LogP contribution in [0.15, 0.2) is 24.3 Å². The number of hydrogen-bond donors (Lipinski definition) is 1. The number of piperidine rings is 1. The van der Waals surface area contributed by atoms with Gasteiger partial charge in [0.2, 0.25) is 21.1 Å². The first-order valence-corrected chi connectivity index (χ1v) is 12.8. The first-order chi connectivity index (χ1) is 14.4. The number of nitrogens with one attached hydrogen (secondary N) is 1. The number of aryl methyl sites for hydroxylation is 1. The molecule has 1 aliphatic heterocycles. The van der Waals surface area contributed by atoms with E-state index in [1.165, 1.54) is 10.6 Å². The van der Waals surface area contributed by atoms with Gasteiger partial charge in [0.15, 0.2) is 0 Å². The second kappa shape index (κ2) is 7.44. The predicted octanol–water partition coefficient (Wildman–Crippen LogP) is 2.58. The molecule has 2 aliphatic rings. The van der Waals surface area contributed by atoms with Crippen molar-refractivity contribution in [3.63, 3.8) is 0 Å². The van der Waals surface area contributed by atoms with E-state index in [-0.39, 0.29) is 11.8 Å². The van der Waals surface area contributed by atoms with Crippen LogP contribution >= 0.6 is 11.3 Å². The van der Waals surface area contributed by atoms with E-state index in [0.717, 1.165) is 51.7 Å². The Kier molecular flexibility index (Phi) is 4.87. The molecule has 0 atom stereocenters. The van der Waals surface area contributed by atoms with Gasteiger partial charge >= 0.3 is 0 Å². The normalized spacial score (nSPS) is 18.0. The number of aromatic nitrogens is 3. The number of sulfonamides is 1. The summed E-state index contributed by atoms with van der Waals surface area (Å²) in [6.07, 6.45) is 5.10. The SMILES string of the molecule is CS(=O)(=O)N1CCC(C(=O)Nc2c3c(nn2-c2nc4ccccc4s2)CCC3)CC1. The van der Waals surface area contributed by atoms with Crippen LogP contribution in [-0.2, 0) is 27.7 Å². The van der Waals surface area contributed by atoms with Crippen LogP contribution in [0.4, 0.5) is 5.82 Å². The van der Waals surface area contributed by atoms with Gasteiger partial charge < -0.3 is 5.32 Å². The van der Waals surface area contributed by atoms with Crippen LogP contribution in [0.5, 0.6) is 0 Å². The number of nitrogens with zero attached hydrogens (tertiary/aromatic N) is 4. The number of carbonyl (C=O) groups is 1. The number of para-hydroxylation sites is 1. The van der Waals surface area contributed by atoms with Gasteiger partial charge in [0.25, 0.3) is 0 Å². The largest absolute Gasteiger partial charge is 0.310 e. The van der Waals surface area contributed by atoms with Gasteiger partial charge in [-0.15, -0.1) is 0 Å². The number of anilines is 1. The smallest absolute Gasteiger partial charge is 0.228 e. The quantitative estimate of drug-likeness (QED) is 0.666. The zero-order chi connectivity index (χ0) is 20.9. The number of hydrogen-bond acceptors (Lipinski definition) is 6. The van der Waals surface area contributed by atoms with Crippen molar-refractivity contribution in [1.82, 2.24) is 19.1 Å². The molecule has 30 heavy (non-hydrogen) atoms.